The molecule has 1 aromatic carbocycles. The summed E-state index contributed by atoms with van der Waals surface area (Å²) in [7, 11) is 0. The van der Waals surface area contributed by atoms with Gasteiger partial charge in [-0.2, -0.15) is 10.1 Å². The molecule has 0 aliphatic heterocycles. The van der Waals surface area contributed by atoms with Gasteiger partial charge in [0.25, 0.3) is 0 Å². The van der Waals surface area contributed by atoms with E-state index in [1.54, 1.807) is 16.9 Å². The molecule has 140 valence electrons. The van der Waals surface area contributed by atoms with Crippen LogP contribution >= 0.6 is 0 Å². The van der Waals surface area contributed by atoms with E-state index in [0.29, 0.717) is 24.4 Å². The molecular weight excluding hydrogens is 328 g/mol. The first-order chi connectivity index (χ1) is 12.7. The van der Waals surface area contributed by atoms with Crippen molar-refractivity contribution in [1.29, 1.82) is 0 Å². The van der Waals surface area contributed by atoms with Gasteiger partial charge in [-0.15, -0.1) is 0 Å². The standard InChI is InChI=1S/C20H28N4O2/c1-3-5-10-13-21-20(25)23-17-15-19(26-14-6-4-2)24(22-16-17)18-11-8-7-9-12-18/h7-9,11-12,15-16H,3-6,10,13-14H2,1-2H3,(H,21,25). The van der Waals surface area contributed by atoms with Crippen LogP contribution in [0.2, 0.25) is 0 Å². The average molecular weight is 356 g/mol. The van der Waals surface area contributed by atoms with Gasteiger partial charge in [-0.1, -0.05) is 51.3 Å². The second-order valence-electron chi connectivity index (χ2n) is 6.05. The van der Waals surface area contributed by atoms with Crippen molar-refractivity contribution in [3.63, 3.8) is 0 Å². The van der Waals surface area contributed by atoms with Gasteiger partial charge in [0.15, 0.2) is 0 Å². The van der Waals surface area contributed by atoms with Gasteiger partial charge in [0, 0.05) is 12.6 Å². The summed E-state index contributed by atoms with van der Waals surface area (Å²) in [5.74, 6) is 0.574. The molecule has 1 N–H and O–H groups in total. The highest BCUT2D eigenvalue weighted by atomic mass is 16.5. The third-order valence-corrected chi connectivity index (χ3v) is 3.82. The number of ether oxygens (including phenoxy) is 1. The van der Waals surface area contributed by atoms with Crippen LogP contribution in [0.5, 0.6) is 5.88 Å². The number of benzene rings is 1. The summed E-state index contributed by atoms with van der Waals surface area (Å²) in [4.78, 5) is 16.0. The highest BCUT2D eigenvalue weighted by Crippen LogP contribution is 2.14. The lowest BCUT2D eigenvalue weighted by molar-refractivity contribution is 0.248. The highest BCUT2D eigenvalue weighted by Gasteiger charge is 2.06. The predicted octanol–water partition coefficient (Wildman–Crippen LogP) is 3.85. The summed E-state index contributed by atoms with van der Waals surface area (Å²) >= 11 is 0. The molecule has 0 saturated heterocycles. The minimum atomic E-state index is -0.347. The topological polar surface area (TPSA) is 68.5 Å². The second kappa shape index (κ2) is 11.1. The van der Waals surface area contributed by atoms with Crippen LogP contribution in [0.4, 0.5) is 4.79 Å². The van der Waals surface area contributed by atoms with Gasteiger partial charge in [0.2, 0.25) is 5.88 Å². The monoisotopic (exact) mass is 356 g/mol. The number of hydrogen-bond donors (Lipinski definition) is 1. The molecule has 2 amide bonds. The summed E-state index contributed by atoms with van der Waals surface area (Å²) in [6.07, 6.45) is 6.75. The normalized spacial score (nSPS) is 11.4. The molecule has 2 rings (SSSR count). The number of nitrogens with zero attached hydrogens (tertiary/aromatic N) is 3. The quantitative estimate of drug-likeness (QED) is 0.694. The van der Waals surface area contributed by atoms with E-state index in [4.69, 9.17) is 4.74 Å². The van der Waals surface area contributed by atoms with Crippen molar-refractivity contribution < 1.29 is 9.53 Å². The van der Waals surface area contributed by atoms with Gasteiger partial charge >= 0.3 is 6.03 Å². The molecule has 2 aromatic rings. The van der Waals surface area contributed by atoms with Crippen molar-refractivity contribution in [3.8, 4) is 11.6 Å². The van der Waals surface area contributed by atoms with Crippen LogP contribution < -0.4 is 15.4 Å². The molecule has 6 heteroatoms. The Kier molecular flexibility index (Phi) is 8.39. The lowest BCUT2D eigenvalue weighted by atomic mass is 10.2. The first kappa shape index (κ1) is 19.7. The third kappa shape index (κ3) is 6.35. The van der Waals surface area contributed by atoms with Gasteiger partial charge in [-0.25, -0.2) is 9.48 Å². The molecule has 0 unspecified atom stereocenters. The molecule has 0 bridgehead atoms. The summed E-state index contributed by atoms with van der Waals surface area (Å²) in [6, 6.07) is 11.2. The Hall–Kier alpha value is -2.63. The van der Waals surface area contributed by atoms with Crippen molar-refractivity contribution >= 4 is 6.03 Å². The maximum Gasteiger partial charge on any atom is 0.341 e. The van der Waals surface area contributed by atoms with Gasteiger partial charge < -0.3 is 10.1 Å². The number of amides is 2. The average Bonchev–Trinajstić information content (AvgIpc) is 2.66. The molecule has 0 saturated carbocycles. The zero-order chi connectivity index (χ0) is 18.6. The Morgan fingerprint density at radius 2 is 1.92 bits per heavy atom. The molecule has 6 nitrogen and oxygen atoms in total. The molecule has 0 radical (unpaired) electrons. The number of carbonyl (C=O) groups is 1. The van der Waals surface area contributed by atoms with Gasteiger partial charge in [-0.3, -0.25) is 0 Å². The number of hydrogen-bond acceptors (Lipinski definition) is 3. The minimum Gasteiger partial charge on any atom is -0.478 e. The zero-order valence-corrected chi connectivity index (χ0v) is 15.6. The van der Waals surface area contributed by atoms with Crippen molar-refractivity contribution in [2.24, 2.45) is 4.99 Å². The number of nitrogens with one attached hydrogen (secondary N) is 1. The van der Waals surface area contributed by atoms with Gasteiger partial charge in [0.05, 0.1) is 23.8 Å². The van der Waals surface area contributed by atoms with Crippen molar-refractivity contribution in [2.75, 3.05) is 13.2 Å². The minimum absolute atomic E-state index is 0.347. The number of carbonyl (C=O) groups excluding carboxylic acids is 1. The lowest BCUT2D eigenvalue weighted by Gasteiger charge is -2.13. The van der Waals surface area contributed by atoms with E-state index in [-0.39, 0.29) is 6.03 Å². The Labute approximate surface area is 154 Å². The van der Waals surface area contributed by atoms with Crippen LogP contribution in [0.15, 0.2) is 47.6 Å². The lowest BCUT2D eigenvalue weighted by Crippen LogP contribution is -2.24. The van der Waals surface area contributed by atoms with Crippen LogP contribution in [-0.2, 0) is 0 Å². The Morgan fingerprint density at radius 3 is 2.65 bits per heavy atom. The number of para-hydroxylation sites is 1. The number of aromatic nitrogens is 2. The van der Waals surface area contributed by atoms with Crippen LogP contribution in [0.3, 0.4) is 0 Å². The maximum atomic E-state index is 11.9. The maximum absolute atomic E-state index is 11.9. The summed E-state index contributed by atoms with van der Waals surface area (Å²) in [5.41, 5.74) is 0.898. The summed E-state index contributed by atoms with van der Waals surface area (Å²) in [5, 5.41) is 7.69. The van der Waals surface area contributed by atoms with Crippen LogP contribution in [0.1, 0.15) is 46.0 Å². The fourth-order valence-electron chi connectivity index (χ4n) is 2.37. The molecule has 0 aliphatic rings. The van der Waals surface area contributed by atoms with Gasteiger partial charge in [-0.05, 0) is 25.0 Å². The Balaban J connectivity index is 2.19. The molecule has 26 heavy (non-hydrogen) atoms. The number of unbranched alkanes of at least 4 members (excludes halogenated alkanes) is 3. The van der Waals surface area contributed by atoms with E-state index in [0.717, 1.165) is 37.8 Å². The van der Waals surface area contributed by atoms with E-state index in [2.05, 4.69) is 29.3 Å². The smallest absolute Gasteiger partial charge is 0.341 e. The molecule has 0 spiro atoms. The SMILES string of the molecule is CCCCCNC(=O)N=c1cnn(-c2ccccc2)c(OCCCC)c1. The van der Waals surface area contributed by atoms with E-state index < -0.39 is 0 Å². The fraction of sp³-hybridized carbons (Fsp3) is 0.450. The molecule has 0 atom stereocenters. The zero-order valence-electron chi connectivity index (χ0n) is 15.6. The van der Waals surface area contributed by atoms with Crippen LogP contribution in [-0.4, -0.2) is 29.0 Å². The van der Waals surface area contributed by atoms with E-state index in [1.807, 2.05) is 30.3 Å². The second-order valence-corrected chi connectivity index (χ2v) is 6.05. The van der Waals surface area contributed by atoms with Crippen molar-refractivity contribution in [3.05, 3.63) is 48.0 Å². The van der Waals surface area contributed by atoms with Gasteiger partial charge in [0.1, 0.15) is 0 Å². The molecular formula is C20H28N4O2. The third-order valence-electron chi connectivity index (χ3n) is 3.82. The molecule has 1 heterocycles. The van der Waals surface area contributed by atoms with Crippen molar-refractivity contribution in [1.82, 2.24) is 15.1 Å². The number of urea groups is 1. The first-order valence-electron chi connectivity index (χ1n) is 9.34. The molecule has 0 aliphatic carbocycles. The van der Waals surface area contributed by atoms with Crippen molar-refractivity contribution in [2.45, 2.75) is 46.0 Å². The largest absolute Gasteiger partial charge is 0.478 e. The molecule has 0 fully saturated rings. The van der Waals surface area contributed by atoms with Crippen LogP contribution in [0, 0.1) is 0 Å². The Morgan fingerprint density at radius 1 is 1.15 bits per heavy atom. The summed E-state index contributed by atoms with van der Waals surface area (Å²) < 4.78 is 7.59. The van der Waals surface area contributed by atoms with E-state index in [9.17, 15) is 4.79 Å². The number of rotatable bonds is 9. The van der Waals surface area contributed by atoms with E-state index in [1.165, 1.54) is 0 Å². The Bertz CT molecular complexity index is 741. The first-order valence-corrected chi connectivity index (χ1v) is 9.34. The highest BCUT2D eigenvalue weighted by molar-refractivity contribution is 5.74. The van der Waals surface area contributed by atoms with E-state index >= 15 is 0 Å². The molecule has 1 aromatic heterocycles. The fourth-order valence-corrected chi connectivity index (χ4v) is 2.37. The van der Waals surface area contributed by atoms with Crippen LogP contribution in [0.25, 0.3) is 5.69 Å². The summed E-state index contributed by atoms with van der Waals surface area (Å²) in [6.45, 7) is 5.48. The predicted molar refractivity (Wildman–Crippen MR) is 102 cm³/mol.